The van der Waals surface area contributed by atoms with Crippen LogP contribution in [0.5, 0.6) is 0 Å². The molecule has 0 aromatic heterocycles. The van der Waals surface area contributed by atoms with Gasteiger partial charge < -0.3 is 66.0 Å². The zero-order valence-corrected chi connectivity index (χ0v) is 61.5. The molecule has 25 heteroatoms. The Bertz CT molecular complexity index is 2500. The Labute approximate surface area is 556 Å². The minimum absolute atomic E-state index is 0.0109. The molecule has 0 spiro atoms. The molecule has 0 radical (unpaired) electrons. The number of likely N-dealkylation sites (N-methyl/N-ethyl adjacent to an activating group) is 7. The van der Waals surface area contributed by atoms with Gasteiger partial charge in [-0.3, -0.25) is 52.7 Å². The van der Waals surface area contributed by atoms with Crippen molar-refractivity contribution in [2.75, 3.05) is 74.7 Å². The summed E-state index contributed by atoms with van der Waals surface area (Å²) in [6.45, 7) is 32.7. The molecule has 1 saturated heterocycles. The Hall–Kier alpha value is -5.82. The Morgan fingerprint density at radius 3 is 1.50 bits per heavy atom. The second-order valence-electron chi connectivity index (χ2n) is 27.8. The molecule has 0 bridgehead atoms. The molecule has 0 aromatic carbocycles. The maximum absolute atomic E-state index is 16.1. The lowest BCUT2D eigenvalue weighted by atomic mass is 9.91. The van der Waals surface area contributed by atoms with Crippen LogP contribution < -0.4 is 26.6 Å². The molecule has 0 aromatic rings. The van der Waals surface area contributed by atoms with E-state index in [1.165, 1.54) is 99.4 Å². The Morgan fingerprint density at radius 2 is 1.02 bits per heavy atom. The van der Waals surface area contributed by atoms with Crippen LogP contribution in [0.1, 0.15) is 170 Å². The van der Waals surface area contributed by atoms with Crippen LogP contribution in [0.25, 0.3) is 0 Å². The summed E-state index contributed by atoms with van der Waals surface area (Å²) >= 11 is 1.18. The van der Waals surface area contributed by atoms with E-state index >= 15 is 19.2 Å². The standard InChI is InChI=1S/C67H122N12O12S/c1-26-29-30-45(16)56(81)55-60(85)71-48(28-3)62(87)73(19)38-53(80)74(20)49(34-39(4)5)59(84)72-54(43(12)13)65(90)75(21)50(35-40(6)7)58(83)69-46(17)57(82)70-47(18)61(86)76(22)51(36-41(8)9)63(88)77(23)52(37-42(10)11)64(89)79(25)67(44(14)15,66(91)78(55)24)92-33-32-68-31-27-2/h26,29,39-52,54-56,68,81H,27-28,30-38H2,1-25H3,(H,69,83)(H,70,82)(H,71,85)(H,72,84)/b29-26+/t45-,46+,47-,48+,49+,50+,51+,52+,54+,55+,56-,67+/m1/s1. The average molecular weight is 1320 g/mol. The monoisotopic (exact) mass is 1320 g/mol. The van der Waals surface area contributed by atoms with Crippen molar-refractivity contribution in [1.29, 1.82) is 0 Å². The first kappa shape index (κ1) is 84.2. The second-order valence-corrected chi connectivity index (χ2v) is 29.1. The maximum Gasteiger partial charge on any atom is 0.259 e. The third-order valence-electron chi connectivity index (χ3n) is 17.3. The molecule has 92 heavy (non-hydrogen) atoms. The van der Waals surface area contributed by atoms with Crippen molar-refractivity contribution in [2.24, 2.45) is 41.4 Å². The molecule has 1 fully saturated rings. The fourth-order valence-corrected chi connectivity index (χ4v) is 13.0. The van der Waals surface area contributed by atoms with Crippen molar-refractivity contribution in [3.63, 3.8) is 0 Å². The molecule has 1 rings (SSSR count). The highest BCUT2D eigenvalue weighted by molar-refractivity contribution is 8.01. The lowest BCUT2D eigenvalue weighted by molar-refractivity contribution is -0.159. The van der Waals surface area contributed by atoms with Crippen LogP contribution in [0.15, 0.2) is 12.2 Å². The summed E-state index contributed by atoms with van der Waals surface area (Å²) in [7, 11) is 10.1. The normalized spacial score (nSPS) is 26.6. The number of amides is 11. The van der Waals surface area contributed by atoms with Crippen LogP contribution in [-0.4, -0.2) is 244 Å². The molecular formula is C67H122N12O12S. The number of carbonyl (C=O) groups is 11. The van der Waals surface area contributed by atoms with Gasteiger partial charge in [-0.05, 0) is 114 Å². The summed E-state index contributed by atoms with van der Waals surface area (Å²) < 4.78 is 0. The molecule has 0 saturated carbocycles. The summed E-state index contributed by atoms with van der Waals surface area (Å²) in [4.78, 5) is 170. The predicted octanol–water partition coefficient (Wildman–Crippen LogP) is 4.33. The molecule has 6 N–H and O–H groups in total. The molecule has 1 heterocycles. The smallest absolute Gasteiger partial charge is 0.259 e. The SMILES string of the molecule is C/C=C/C[C@@H](C)[C@@H](O)[C@H]1C(=O)N[C@@H](CC)C(=O)N(C)CC(=O)N(C)[C@@H](CC(C)C)C(=O)N[C@@H](C(C)C)C(=O)N(C)[C@@H](CC(C)C)C(=O)N[C@@H](C)C(=O)N[C@H](C)C(=O)N(C)[C@@H](CC(C)C)C(=O)N(C)[C@@H](CC(C)C)C(=O)N(C)[C@](SCCNCCC)(C(C)C)C(=O)N1C. The minimum Gasteiger partial charge on any atom is -0.390 e. The van der Waals surface area contributed by atoms with E-state index in [9.17, 15) is 38.7 Å². The van der Waals surface area contributed by atoms with Gasteiger partial charge in [0.15, 0.2) is 4.87 Å². The number of carbonyl (C=O) groups excluding carboxylic acids is 11. The minimum atomic E-state index is -1.82. The predicted molar refractivity (Wildman–Crippen MR) is 363 cm³/mol. The number of hydrogen-bond donors (Lipinski definition) is 6. The van der Waals surface area contributed by atoms with Crippen molar-refractivity contribution in [2.45, 2.75) is 235 Å². The van der Waals surface area contributed by atoms with Gasteiger partial charge in [0.25, 0.3) is 5.91 Å². The topological polar surface area (TPSA) is 291 Å². The largest absolute Gasteiger partial charge is 0.390 e. The number of nitrogens with zero attached hydrogens (tertiary/aromatic N) is 7. The summed E-state index contributed by atoms with van der Waals surface area (Å²) in [6.07, 6.45) is 3.79. The third kappa shape index (κ3) is 23.3. The Kier molecular flexibility index (Phi) is 35.8. The van der Waals surface area contributed by atoms with Crippen LogP contribution in [0.4, 0.5) is 0 Å². The summed E-state index contributed by atoms with van der Waals surface area (Å²) in [6, 6.07) is -11.3. The molecule has 0 aliphatic carbocycles. The Morgan fingerprint density at radius 1 is 0.554 bits per heavy atom. The maximum atomic E-state index is 16.1. The van der Waals surface area contributed by atoms with Gasteiger partial charge in [-0.2, -0.15) is 0 Å². The van der Waals surface area contributed by atoms with E-state index in [0.29, 0.717) is 25.3 Å². The van der Waals surface area contributed by atoms with Crippen molar-refractivity contribution in [3.05, 3.63) is 12.2 Å². The van der Waals surface area contributed by atoms with Gasteiger partial charge in [-0.25, -0.2) is 0 Å². The number of allylic oxidation sites excluding steroid dienone is 2. The third-order valence-corrected chi connectivity index (χ3v) is 19.1. The molecule has 24 nitrogen and oxygen atoms in total. The van der Waals surface area contributed by atoms with Gasteiger partial charge in [-0.15, -0.1) is 11.8 Å². The lowest BCUT2D eigenvalue weighted by Gasteiger charge is -2.48. The van der Waals surface area contributed by atoms with E-state index in [4.69, 9.17) is 0 Å². The number of thioether (sulfide) groups is 1. The first-order valence-corrected chi connectivity index (χ1v) is 34.3. The first-order chi connectivity index (χ1) is 42.6. The van der Waals surface area contributed by atoms with Crippen LogP contribution in [0, 0.1) is 41.4 Å². The number of rotatable bonds is 21. The van der Waals surface area contributed by atoms with Gasteiger partial charge >= 0.3 is 0 Å². The highest BCUT2D eigenvalue weighted by Gasteiger charge is 2.54. The van der Waals surface area contributed by atoms with Crippen molar-refractivity contribution in [3.8, 4) is 0 Å². The molecule has 528 valence electrons. The van der Waals surface area contributed by atoms with Crippen LogP contribution >= 0.6 is 11.8 Å². The fraction of sp³-hybridized carbons (Fsp3) is 0.806. The zero-order valence-electron chi connectivity index (χ0n) is 60.7. The summed E-state index contributed by atoms with van der Waals surface area (Å²) in [5, 5.41) is 26.9. The van der Waals surface area contributed by atoms with E-state index in [1.54, 1.807) is 47.6 Å². The molecule has 1 aliphatic rings. The van der Waals surface area contributed by atoms with E-state index < -0.39 is 155 Å². The van der Waals surface area contributed by atoms with E-state index in [-0.39, 0.29) is 55.8 Å². The molecular weight excluding hydrogens is 1200 g/mol. The highest BCUT2D eigenvalue weighted by Crippen LogP contribution is 2.40. The lowest BCUT2D eigenvalue weighted by Crippen LogP contribution is -2.68. The van der Waals surface area contributed by atoms with Gasteiger partial charge in [-0.1, -0.05) is 116 Å². The Balaban J connectivity index is 4.56. The molecule has 1 aliphatic heterocycles. The van der Waals surface area contributed by atoms with Gasteiger partial charge in [0, 0.05) is 61.6 Å². The van der Waals surface area contributed by atoms with E-state index in [1.807, 2.05) is 75.3 Å². The van der Waals surface area contributed by atoms with Crippen LogP contribution in [0.3, 0.4) is 0 Å². The molecule has 11 amide bonds. The van der Waals surface area contributed by atoms with Gasteiger partial charge in [0.05, 0.1) is 12.6 Å². The van der Waals surface area contributed by atoms with Crippen LogP contribution in [-0.2, 0) is 52.7 Å². The number of nitrogens with one attached hydrogen (secondary N) is 5. The molecule has 12 atom stereocenters. The number of aliphatic hydroxyl groups is 1. The van der Waals surface area contributed by atoms with Gasteiger partial charge in [0.2, 0.25) is 59.1 Å². The van der Waals surface area contributed by atoms with E-state index in [2.05, 4.69) is 26.6 Å². The van der Waals surface area contributed by atoms with Gasteiger partial charge in [0.1, 0.15) is 54.4 Å². The van der Waals surface area contributed by atoms with Crippen molar-refractivity contribution < 1.29 is 57.8 Å². The first-order valence-electron chi connectivity index (χ1n) is 33.4. The number of aliphatic hydroxyl groups excluding tert-OH is 1. The molecule has 0 unspecified atom stereocenters. The van der Waals surface area contributed by atoms with Crippen molar-refractivity contribution >= 4 is 76.7 Å². The number of hydrogen-bond acceptors (Lipinski definition) is 14. The van der Waals surface area contributed by atoms with E-state index in [0.717, 1.165) is 16.2 Å². The highest BCUT2D eigenvalue weighted by atomic mass is 32.2. The summed E-state index contributed by atoms with van der Waals surface area (Å²) in [5.74, 6) is -9.64. The average Bonchev–Trinajstić information content (AvgIpc) is 0.759. The second kappa shape index (κ2) is 39.1. The fourth-order valence-electron chi connectivity index (χ4n) is 11.5. The van der Waals surface area contributed by atoms with Crippen LogP contribution in [0.2, 0.25) is 0 Å². The zero-order chi connectivity index (χ0) is 71.1. The van der Waals surface area contributed by atoms with Crippen molar-refractivity contribution in [1.82, 2.24) is 60.9 Å². The quantitative estimate of drug-likeness (QED) is 0.0690. The summed E-state index contributed by atoms with van der Waals surface area (Å²) in [5.41, 5.74) is 0.